The third kappa shape index (κ3) is 6.38. The van der Waals surface area contributed by atoms with Crippen LogP contribution in [-0.4, -0.2) is 29.2 Å². The van der Waals surface area contributed by atoms with Gasteiger partial charge in [0, 0.05) is 6.92 Å². The van der Waals surface area contributed by atoms with Gasteiger partial charge >= 0.3 is 6.09 Å². The van der Waals surface area contributed by atoms with Crippen molar-refractivity contribution in [1.29, 1.82) is 0 Å². The van der Waals surface area contributed by atoms with E-state index in [1.54, 1.807) is 20.8 Å². The van der Waals surface area contributed by atoms with Gasteiger partial charge in [-0.2, -0.15) is 0 Å². The Morgan fingerprint density at radius 1 is 1.47 bits per heavy atom. The van der Waals surface area contributed by atoms with Gasteiger partial charge in [0.15, 0.2) is 0 Å². The maximum absolute atomic E-state index is 11.5. The molecule has 0 saturated heterocycles. The summed E-state index contributed by atoms with van der Waals surface area (Å²) in [5.41, 5.74) is 1.66. The van der Waals surface area contributed by atoms with Crippen LogP contribution in [0, 0.1) is 12.3 Å². The minimum Gasteiger partial charge on any atom is -0.442 e. The lowest BCUT2D eigenvalue weighted by molar-refractivity contribution is -0.123. The SMILES string of the molecule is C#CCN(NC(C)=O)C(=O)OC(C)(C)C. The molecule has 0 spiro atoms. The van der Waals surface area contributed by atoms with Crippen LogP contribution in [0.15, 0.2) is 0 Å². The van der Waals surface area contributed by atoms with E-state index < -0.39 is 11.7 Å². The summed E-state index contributed by atoms with van der Waals surface area (Å²) in [6.45, 7) is 6.44. The van der Waals surface area contributed by atoms with E-state index in [-0.39, 0.29) is 12.5 Å². The minimum absolute atomic E-state index is 0.0332. The second-order valence-corrected chi connectivity index (χ2v) is 3.94. The largest absolute Gasteiger partial charge is 0.442 e. The van der Waals surface area contributed by atoms with Gasteiger partial charge in [0.2, 0.25) is 5.91 Å². The van der Waals surface area contributed by atoms with E-state index in [0.29, 0.717) is 0 Å². The van der Waals surface area contributed by atoms with Crippen molar-refractivity contribution in [2.45, 2.75) is 33.3 Å². The molecule has 0 heterocycles. The molecule has 0 atom stereocenters. The van der Waals surface area contributed by atoms with Crippen LogP contribution in [0.4, 0.5) is 4.79 Å². The number of carbonyl (C=O) groups is 2. The standard InChI is InChI=1S/C10H16N2O3/c1-6-7-12(11-8(2)13)9(14)15-10(3,4)5/h1H,7H2,2-5H3,(H,11,13). The van der Waals surface area contributed by atoms with Crippen LogP contribution in [0.1, 0.15) is 27.7 Å². The Kier molecular flexibility index (Phi) is 4.65. The lowest BCUT2D eigenvalue weighted by atomic mass is 10.2. The Morgan fingerprint density at radius 2 is 2.00 bits per heavy atom. The van der Waals surface area contributed by atoms with Crippen LogP contribution in [-0.2, 0) is 9.53 Å². The van der Waals surface area contributed by atoms with E-state index in [0.717, 1.165) is 5.01 Å². The second kappa shape index (κ2) is 5.25. The van der Waals surface area contributed by atoms with Gasteiger partial charge in [-0.05, 0) is 20.8 Å². The summed E-state index contributed by atoms with van der Waals surface area (Å²) in [6.07, 6.45) is 4.39. The number of terminal acetylenes is 1. The number of nitrogens with one attached hydrogen (secondary N) is 1. The van der Waals surface area contributed by atoms with E-state index in [9.17, 15) is 9.59 Å². The number of ether oxygens (including phenoxy) is 1. The molecule has 0 aliphatic heterocycles. The van der Waals surface area contributed by atoms with Crippen molar-refractivity contribution in [2.75, 3.05) is 6.54 Å². The van der Waals surface area contributed by atoms with Crippen LogP contribution < -0.4 is 5.43 Å². The number of nitrogens with zero attached hydrogens (tertiary/aromatic N) is 1. The molecule has 2 amide bonds. The molecule has 0 aromatic rings. The second-order valence-electron chi connectivity index (χ2n) is 3.94. The summed E-state index contributed by atoms with van der Waals surface area (Å²) in [6, 6.07) is 0. The van der Waals surface area contributed by atoms with Gasteiger partial charge in [-0.3, -0.25) is 10.2 Å². The zero-order chi connectivity index (χ0) is 12.1. The van der Waals surface area contributed by atoms with Crippen LogP contribution >= 0.6 is 0 Å². The Bertz CT molecular complexity index is 286. The maximum atomic E-state index is 11.5. The van der Waals surface area contributed by atoms with Gasteiger partial charge < -0.3 is 4.74 Å². The Labute approximate surface area is 89.7 Å². The monoisotopic (exact) mass is 212 g/mol. The predicted molar refractivity (Wildman–Crippen MR) is 55.6 cm³/mol. The predicted octanol–water partition coefficient (Wildman–Crippen LogP) is 0.908. The van der Waals surface area contributed by atoms with Gasteiger partial charge in [-0.1, -0.05) is 5.92 Å². The number of hydrogen-bond acceptors (Lipinski definition) is 3. The quantitative estimate of drug-likeness (QED) is 0.519. The summed E-state index contributed by atoms with van der Waals surface area (Å²) in [7, 11) is 0. The fourth-order valence-corrected chi connectivity index (χ4v) is 0.748. The topological polar surface area (TPSA) is 58.6 Å². The fourth-order valence-electron chi connectivity index (χ4n) is 0.748. The van der Waals surface area contributed by atoms with Crippen LogP contribution in [0.5, 0.6) is 0 Å². The molecule has 0 radical (unpaired) electrons. The number of rotatable bonds is 1. The van der Waals surface area contributed by atoms with Gasteiger partial charge in [0.1, 0.15) is 12.1 Å². The van der Waals surface area contributed by atoms with Gasteiger partial charge in [-0.25, -0.2) is 9.80 Å². The maximum Gasteiger partial charge on any atom is 0.430 e. The summed E-state index contributed by atoms with van der Waals surface area (Å²) in [5.74, 6) is 1.87. The van der Waals surface area contributed by atoms with Crippen molar-refractivity contribution in [3.05, 3.63) is 0 Å². The number of hydrogen-bond donors (Lipinski definition) is 1. The highest BCUT2D eigenvalue weighted by atomic mass is 16.6. The van der Waals surface area contributed by atoms with Crippen LogP contribution in [0.25, 0.3) is 0 Å². The normalized spacial score (nSPS) is 10.1. The first-order chi connectivity index (χ1) is 6.76. The molecular formula is C10H16N2O3. The molecule has 1 N–H and O–H groups in total. The van der Waals surface area contributed by atoms with E-state index >= 15 is 0 Å². The third-order valence-electron chi connectivity index (χ3n) is 1.16. The summed E-state index contributed by atoms with van der Waals surface area (Å²) in [4.78, 5) is 22.2. The van der Waals surface area contributed by atoms with Crippen molar-refractivity contribution in [2.24, 2.45) is 0 Å². The minimum atomic E-state index is -0.671. The van der Waals surface area contributed by atoms with Gasteiger partial charge in [0.25, 0.3) is 0 Å². The molecule has 0 aromatic heterocycles. The molecular weight excluding hydrogens is 196 g/mol. The Morgan fingerprint density at radius 3 is 2.33 bits per heavy atom. The smallest absolute Gasteiger partial charge is 0.430 e. The van der Waals surface area contributed by atoms with Gasteiger partial charge in [0.05, 0.1) is 0 Å². The van der Waals surface area contributed by atoms with Crippen molar-refractivity contribution in [1.82, 2.24) is 10.4 Å². The molecule has 0 rings (SSSR count). The number of hydrazine groups is 1. The van der Waals surface area contributed by atoms with E-state index in [2.05, 4.69) is 11.3 Å². The molecule has 0 fully saturated rings. The molecule has 15 heavy (non-hydrogen) atoms. The van der Waals surface area contributed by atoms with Crippen LogP contribution in [0.3, 0.4) is 0 Å². The molecule has 0 unspecified atom stereocenters. The summed E-state index contributed by atoms with van der Waals surface area (Å²) < 4.78 is 5.03. The lowest BCUT2D eigenvalue weighted by Gasteiger charge is -2.25. The first kappa shape index (κ1) is 13.3. The van der Waals surface area contributed by atoms with Crippen molar-refractivity contribution < 1.29 is 14.3 Å². The zero-order valence-electron chi connectivity index (χ0n) is 9.46. The van der Waals surface area contributed by atoms with Crippen molar-refractivity contribution in [3.63, 3.8) is 0 Å². The van der Waals surface area contributed by atoms with Gasteiger partial charge in [-0.15, -0.1) is 6.42 Å². The fraction of sp³-hybridized carbons (Fsp3) is 0.600. The Hall–Kier alpha value is -1.70. The molecule has 0 aromatic carbocycles. The highest BCUT2D eigenvalue weighted by Gasteiger charge is 2.22. The summed E-state index contributed by atoms with van der Waals surface area (Å²) in [5, 5.41) is 0.952. The van der Waals surface area contributed by atoms with E-state index in [1.165, 1.54) is 6.92 Å². The van der Waals surface area contributed by atoms with Crippen molar-refractivity contribution >= 4 is 12.0 Å². The first-order valence-corrected chi connectivity index (χ1v) is 4.47. The molecule has 0 saturated carbocycles. The molecule has 5 heteroatoms. The lowest BCUT2D eigenvalue weighted by Crippen LogP contribution is -2.47. The third-order valence-corrected chi connectivity index (χ3v) is 1.16. The number of amides is 2. The van der Waals surface area contributed by atoms with Crippen molar-refractivity contribution in [3.8, 4) is 12.3 Å². The highest BCUT2D eigenvalue weighted by molar-refractivity contribution is 5.77. The average Bonchev–Trinajstić information content (AvgIpc) is 1.99. The molecule has 84 valence electrons. The van der Waals surface area contributed by atoms with Crippen LogP contribution in [0.2, 0.25) is 0 Å². The average molecular weight is 212 g/mol. The molecule has 0 bridgehead atoms. The van der Waals surface area contributed by atoms with E-state index in [4.69, 9.17) is 11.2 Å². The summed E-state index contributed by atoms with van der Waals surface area (Å²) >= 11 is 0. The first-order valence-electron chi connectivity index (χ1n) is 4.47. The molecule has 5 nitrogen and oxygen atoms in total. The number of carbonyl (C=O) groups excluding carboxylic acids is 2. The molecule has 0 aliphatic carbocycles. The Balaban J connectivity index is 4.43. The zero-order valence-corrected chi connectivity index (χ0v) is 9.46. The van der Waals surface area contributed by atoms with E-state index in [1.807, 2.05) is 0 Å². The highest BCUT2D eigenvalue weighted by Crippen LogP contribution is 2.08. The molecule has 0 aliphatic rings.